The van der Waals surface area contributed by atoms with Crippen LogP contribution in [0.1, 0.15) is 33.6 Å². The summed E-state index contributed by atoms with van der Waals surface area (Å²) in [4.78, 5) is 29.2. The highest BCUT2D eigenvalue weighted by Crippen LogP contribution is 2.21. The third-order valence-electron chi connectivity index (χ3n) is 3.29. The average Bonchev–Trinajstić information content (AvgIpc) is 2.76. The minimum Gasteiger partial charge on any atom is -0.477 e. The molecule has 1 aliphatic heterocycles. The first-order valence-electron chi connectivity index (χ1n) is 5.53. The number of hydrogen-bond acceptors (Lipinski definition) is 4. The van der Waals surface area contributed by atoms with Gasteiger partial charge in [0.1, 0.15) is 0 Å². The Morgan fingerprint density at radius 3 is 2.59 bits per heavy atom. The molecule has 0 bridgehead atoms. The van der Waals surface area contributed by atoms with E-state index in [1.54, 1.807) is 11.9 Å². The second-order valence-corrected chi connectivity index (χ2v) is 4.70. The molecule has 0 aromatic heterocycles. The standard InChI is InChI=1S/C11H18N2O4/c1-5-11(2,3)13(4)9(14)8-6-7(10(15)16)12-17-8/h8H,5-6H2,1-4H3,(H,15,16). The Kier molecular flexibility index (Phi) is 3.75. The van der Waals surface area contributed by atoms with Crippen LogP contribution >= 0.6 is 0 Å². The Bertz CT molecular complexity index is 362. The van der Waals surface area contributed by atoms with Gasteiger partial charge in [0, 0.05) is 19.0 Å². The first kappa shape index (κ1) is 13.5. The van der Waals surface area contributed by atoms with Crippen LogP contribution in [0.2, 0.25) is 0 Å². The third kappa shape index (κ3) is 2.75. The van der Waals surface area contributed by atoms with E-state index < -0.39 is 12.1 Å². The molecule has 0 fully saturated rings. The number of carbonyl (C=O) groups is 2. The van der Waals surface area contributed by atoms with E-state index in [9.17, 15) is 9.59 Å². The molecule has 0 spiro atoms. The van der Waals surface area contributed by atoms with E-state index in [-0.39, 0.29) is 23.6 Å². The molecular weight excluding hydrogens is 224 g/mol. The van der Waals surface area contributed by atoms with Crippen molar-refractivity contribution >= 4 is 17.6 Å². The van der Waals surface area contributed by atoms with Gasteiger partial charge in [0.05, 0.1) is 0 Å². The number of carboxylic acid groups (broad SMARTS) is 1. The van der Waals surface area contributed by atoms with Gasteiger partial charge in [0.15, 0.2) is 5.71 Å². The summed E-state index contributed by atoms with van der Waals surface area (Å²) < 4.78 is 0. The number of nitrogens with zero attached hydrogens (tertiary/aromatic N) is 2. The van der Waals surface area contributed by atoms with Crippen molar-refractivity contribution in [1.82, 2.24) is 4.90 Å². The zero-order valence-electron chi connectivity index (χ0n) is 10.6. The summed E-state index contributed by atoms with van der Waals surface area (Å²) >= 11 is 0. The third-order valence-corrected chi connectivity index (χ3v) is 3.29. The minimum absolute atomic E-state index is 0.0261. The largest absolute Gasteiger partial charge is 0.477 e. The van der Waals surface area contributed by atoms with E-state index in [1.165, 1.54) is 0 Å². The number of hydrogen-bond donors (Lipinski definition) is 1. The SMILES string of the molecule is CCC(C)(C)N(C)C(=O)C1CC(C(=O)O)=NO1. The Morgan fingerprint density at radius 2 is 2.18 bits per heavy atom. The van der Waals surface area contributed by atoms with Gasteiger partial charge >= 0.3 is 5.97 Å². The maximum absolute atomic E-state index is 12.1. The molecule has 1 rings (SSSR count). The fraction of sp³-hybridized carbons (Fsp3) is 0.727. The van der Waals surface area contributed by atoms with Crippen molar-refractivity contribution < 1.29 is 19.5 Å². The molecule has 0 saturated carbocycles. The number of aliphatic carboxylic acids is 1. The predicted molar refractivity (Wildman–Crippen MR) is 61.7 cm³/mol. The number of likely N-dealkylation sites (N-methyl/N-ethyl adjacent to an activating group) is 1. The molecule has 1 amide bonds. The van der Waals surface area contributed by atoms with Gasteiger partial charge in [-0.05, 0) is 20.3 Å². The molecule has 6 heteroatoms. The van der Waals surface area contributed by atoms with Crippen LogP contribution in [0.15, 0.2) is 5.16 Å². The lowest BCUT2D eigenvalue weighted by Crippen LogP contribution is -2.48. The molecule has 6 nitrogen and oxygen atoms in total. The predicted octanol–water partition coefficient (Wildman–Crippen LogP) is 0.863. The van der Waals surface area contributed by atoms with Crippen LogP contribution < -0.4 is 0 Å². The highest BCUT2D eigenvalue weighted by molar-refractivity contribution is 6.36. The lowest BCUT2D eigenvalue weighted by Gasteiger charge is -2.35. The fourth-order valence-corrected chi connectivity index (χ4v) is 1.39. The molecule has 1 aliphatic rings. The number of amides is 1. The van der Waals surface area contributed by atoms with E-state index in [0.717, 1.165) is 6.42 Å². The van der Waals surface area contributed by atoms with Gasteiger partial charge in [0.2, 0.25) is 6.10 Å². The van der Waals surface area contributed by atoms with Crippen molar-refractivity contribution in [2.45, 2.75) is 45.3 Å². The summed E-state index contributed by atoms with van der Waals surface area (Å²) in [5, 5.41) is 12.1. The first-order chi connectivity index (χ1) is 7.79. The van der Waals surface area contributed by atoms with Crippen molar-refractivity contribution in [3.05, 3.63) is 0 Å². The second kappa shape index (κ2) is 4.73. The highest BCUT2D eigenvalue weighted by atomic mass is 16.6. The van der Waals surface area contributed by atoms with E-state index in [0.29, 0.717) is 0 Å². The van der Waals surface area contributed by atoms with Gasteiger partial charge in [-0.15, -0.1) is 0 Å². The van der Waals surface area contributed by atoms with E-state index in [4.69, 9.17) is 9.94 Å². The number of carbonyl (C=O) groups excluding carboxylic acids is 1. The summed E-state index contributed by atoms with van der Waals surface area (Å²) in [5.74, 6) is -1.38. The number of carboxylic acids is 1. The monoisotopic (exact) mass is 242 g/mol. The molecule has 17 heavy (non-hydrogen) atoms. The minimum atomic E-state index is -1.14. The van der Waals surface area contributed by atoms with Crippen LogP contribution in [-0.2, 0) is 14.4 Å². The topological polar surface area (TPSA) is 79.2 Å². The zero-order chi connectivity index (χ0) is 13.2. The molecular formula is C11H18N2O4. The van der Waals surface area contributed by atoms with Crippen molar-refractivity contribution in [2.24, 2.45) is 5.16 Å². The van der Waals surface area contributed by atoms with Gasteiger partial charge in [-0.1, -0.05) is 12.1 Å². The first-order valence-corrected chi connectivity index (χ1v) is 5.53. The Morgan fingerprint density at radius 1 is 1.59 bits per heavy atom. The summed E-state index contributed by atoms with van der Waals surface area (Å²) in [6, 6.07) is 0. The second-order valence-electron chi connectivity index (χ2n) is 4.70. The fourth-order valence-electron chi connectivity index (χ4n) is 1.39. The Hall–Kier alpha value is -1.59. The van der Waals surface area contributed by atoms with Gasteiger partial charge in [-0.3, -0.25) is 4.79 Å². The molecule has 0 aromatic carbocycles. The summed E-state index contributed by atoms with van der Waals surface area (Å²) in [6.07, 6.45) is 0.0179. The van der Waals surface area contributed by atoms with Crippen molar-refractivity contribution in [2.75, 3.05) is 7.05 Å². The van der Waals surface area contributed by atoms with Crippen LogP contribution in [-0.4, -0.2) is 46.3 Å². The van der Waals surface area contributed by atoms with Crippen LogP contribution in [0.25, 0.3) is 0 Å². The van der Waals surface area contributed by atoms with Crippen LogP contribution in [0, 0.1) is 0 Å². The van der Waals surface area contributed by atoms with Crippen LogP contribution in [0.5, 0.6) is 0 Å². The van der Waals surface area contributed by atoms with E-state index in [1.807, 2.05) is 20.8 Å². The quantitative estimate of drug-likeness (QED) is 0.793. The molecule has 1 heterocycles. The van der Waals surface area contributed by atoms with E-state index >= 15 is 0 Å². The Labute approximate surface area is 100 Å². The summed E-state index contributed by atoms with van der Waals surface area (Å²) in [5.41, 5.74) is -0.391. The maximum Gasteiger partial charge on any atom is 0.353 e. The van der Waals surface area contributed by atoms with Crippen molar-refractivity contribution in [3.8, 4) is 0 Å². The molecule has 0 aliphatic carbocycles. The van der Waals surface area contributed by atoms with Crippen molar-refractivity contribution in [3.63, 3.8) is 0 Å². The number of oxime groups is 1. The summed E-state index contributed by atoms with van der Waals surface area (Å²) in [6.45, 7) is 5.87. The van der Waals surface area contributed by atoms with Gasteiger partial charge in [-0.25, -0.2) is 4.79 Å². The van der Waals surface area contributed by atoms with Gasteiger partial charge in [-0.2, -0.15) is 0 Å². The maximum atomic E-state index is 12.1. The van der Waals surface area contributed by atoms with E-state index in [2.05, 4.69) is 5.16 Å². The van der Waals surface area contributed by atoms with Gasteiger partial charge in [0.25, 0.3) is 5.91 Å². The average molecular weight is 242 g/mol. The van der Waals surface area contributed by atoms with Crippen LogP contribution in [0.3, 0.4) is 0 Å². The normalized spacial score (nSPS) is 19.5. The lowest BCUT2D eigenvalue weighted by molar-refractivity contribution is -0.145. The molecule has 96 valence electrons. The molecule has 0 aromatic rings. The molecule has 1 atom stereocenters. The lowest BCUT2D eigenvalue weighted by atomic mass is 9.98. The molecule has 0 saturated heterocycles. The summed E-state index contributed by atoms with van der Waals surface area (Å²) in [7, 11) is 1.69. The van der Waals surface area contributed by atoms with Crippen molar-refractivity contribution in [1.29, 1.82) is 0 Å². The molecule has 1 N–H and O–H groups in total. The number of rotatable bonds is 4. The molecule has 0 radical (unpaired) electrons. The zero-order valence-corrected chi connectivity index (χ0v) is 10.6. The smallest absolute Gasteiger partial charge is 0.353 e. The Balaban J connectivity index is 2.66. The van der Waals surface area contributed by atoms with Gasteiger partial charge < -0.3 is 14.8 Å². The van der Waals surface area contributed by atoms with Crippen LogP contribution in [0.4, 0.5) is 0 Å². The highest BCUT2D eigenvalue weighted by Gasteiger charge is 2.37. The molecule has 1 unspecified atom stereocenters.